The van der Waals surface area contributed by atoms with Crippen molar-refractivity contribution in [2.24, 2.45) is 0 Å². The fraction of sp³-hybridized carbons (Fsp3) is 0.500. The topological polar surface area (TPSA) is 39.7 Å². The first kappa shape index (κ1) is 13.5. The zero-order valence-corrected chi connectivity index (χ0v) is 11.8. The molecule has 1 aromatic rings. The van der Waals surface area contributed by atoms with Gasteiger partial charge < -0.3 is 19.5 Å². The molecule has 1 saturated heterocycles. The second-order valence-corrected chi connectivity index (χ2v) is 5.29. The maximum absolute atomic E-state index is 5.84. The molecule has 2 heterocycles. The molecule has 0 radical (unpaired) electrons. The summed E-state index contributed by atoms with van der Waals surface area (Å²) in [4.78, 5) is 0. The van der Waals surface area contributed by atoms with Crippen molar-refractivity contribution in [1.29, 1.82) is 0 Å². The third kappa shape index (κ3) is 3.14. The van der Waals surface area contributed by atoms with Crippen molar-refractivity contribution in [2.45, 2.75) is 24.9 Å². The van der Waals surface area contributed by atoms with Crippen LogP contribution < -0.4 is 14.8 Å². The van der Waals surface area contributed by atoms with Gasteiger partial charge in [0.1, 0.15) is 0 Å². The van der Waals surface area contributed by atoms with E-state index in [0.717, 1.165) is 37.6 Å². The Balaban J connectivity index is 1.54. The molecular weight excluding hydrogens is 254 g/mol. The van der Waals surface area contributed by atoms with Crippen molar-refractivity contribution in [3.63, 3.8) is 0 Å². The standard InChI is InChI=1S/C16H21NO3/c1-18-15-4-2-3-5-16(15)20-7-6-12-8-13-10-19-11-14(9-12)17-13/h2-5,8,13-14,17H,6-7,9-11H2,1H3. The van der Waals surface area contributed by atoms with E-state index in [1.54, 1.807) is 7.11 Å². The molecule has 2 aliphatic rings. The molecule has 0 aliphatic carbocycles. The van der Waals surface area contributed by atoms with Gasteiger partial charge in [0.2, 0.25) is 0 Å². The molecule has 20 heavy (non-hydrogen) atoms. The molecule has 0 amide bonds. The van der Waals surface area contributed by atoms with Crippen LogP contribution in [0.1, 0.15) is 12.8 Å². The van der Waals surface area contributed by atoms with Gasteiger partial charge in [-0.2, -0.15) is 0 Å². The van der Waals surface area contributed by atoms with Gasteiger partial charge in [-0.3, -0.25) is 0 Å². The molecule has 4 nitrogen and oxygen atoms in total. The van der Waals surface area contributed by atoms with Gasteiger partial charge >= 0.3 is 0 Å². The summed E-state index contributed by atoms with van der Waals surface area (Å²) in [5.41, 5.74) is 1.47. The predicted molar refractivity (Wildman–Crippen MR) is 77.3 cm³/mol. The van der Waals surface area contributed by atoms with Gasteiger partial charge in [0, 0.05) is 18.5 Å². The minimum absolute atomic E-state index is 0.378. The molecule has 2 aliphatic heterocycles. The zero-order valence-electron chi connectivity index (χ0n) is 11.8. The van der Waals surface area contributed by atoms with Crippen molar-refractivity contribution < 1.29 is 14.2 Å². The molecule has 2 unspecified atom stereocenters. The van der Waals surface area contributed by atoms with Crippen LogP contribution in [0.5, 0.6) is 11.5 Å². The summed E-state index contributed by atoms with van der Waals surface area (Å²) in [6, 6.07) is 8.62. The highest BCUT2D eigenvalue weighted by Gasteiger charge is 2.25. The lowest BCUT2D eigenvalue weighted by Crippen LogP contribution is -2.50. The molecule has 1 aromatic carbocycles. The van der Waals surface area contributed by atoms with E-state index >= 15 is 0 Å². The number of hydrogen-bond donors (Lipinski definition) is 1. The van der Waals surface area contributed by atoms with Crippen LogP contribution in [0.4, 0.5) is 0 Å². The number of methoxy groups -OCH3 is 1. The number of fused-ring (bicyclic) bond motifs is 2. The number of benzene rings is 1. The summed E-state index contributed by atoms with van der Waals surface area (Å²) < 4.78 is 16.7. The third-order valence-electron chi connectivity index (χ3n) is 3.76. The number of nitrogens with one attached hydrogen (secondary N) is 1. The predicted octanol–water partition coefficient (Wildman–Crippen LogP) is 2.15. The maximum Gasteiger partial charge on any atom is 0.161 e. The Morgan fingerprint density at radius 1 is 1.25 bits per heavy atom. The van der Waals surface area contributed by atoms with Crippen LogP contribution in [-0.4, -0.2) is 39.0 Å². The Labute approximate surface area is 119 Å². The first-order valence-corrected chi connectivity index (χ1v) is 7.14. The number of rotatable bonds is 5. The monoisotopic (exact) mass is 275 g/mol. The highest BCUT2D eigenvalue weighted by Crippen LogP contribution is 2.27. The number of para-hydroxylation sites is 2. The van der Waals surface area contributed by atoms with Crippen LogP contribution in [0.25, 0.3) is 0 Å². The number of hydrogen-bond acceptors (Lipinski definition) is 4. The van der Waals surface area contributed by atoms with E-state index in [2.05, 4.69) is 11.4 Å². The summed E-state index contributed by atoms with van der Waals surface area (Å²) in [5, 5.41) is 3.55. The Bertz CT molecular complexity index is 486. The van der Waals surface area contributed by atoms with Crippen molar-refractivity contribution in [1.82, 2.24) is 5.32 Å². The zero-order chi connectivity index (χ0) is 13.8. The van der Waals surface area contributed by atoms with E-state index in [-0.39, 0.29) is 0 Å². The van der Waals surface area contributed by atoms with Gasteiger partial charge in [-0.25, -0.2) is 0 Å². The first-order valence-electron chi connectivity index (χ1n) is 7.14. The molecule has 4 heteroatoms. The molecule has 108 valence electrons. The summed E-state index contributed by atoms with van der Waals surface area (Å²) in [5.74, 6) is 1.60. The van der Waals surface area contributed by atoms with E-state index in [9.17, 15) is 0 Å². The maximum atomic E-state index is 5.84. The van der Waals surface area contributed by atoms with Crippen molar-refractivity contribution in [3.8, 4) is 11.5 Å². The van der Waals surface area contributed by atoms with E-state index in [1.807, 2.05) is 24.3 Å². The van der Waals surface area contributed by atoms with Gasteiger partial charge in [-0.05, 0) is 18.6 Å². The molecule has 0 saturated carbocycles. The third-order valence-corrected chi connectivity index (χ3v) is 3.76. The van der Waals surface area contributed by atoms with E-state index in [0.29, 0.717) is 18.7 Å². The lowest BCUT2D eigenvalue weighted by atomic mass is 9.95. The molecular formula is C16H21NO3. The van der Waals surface area contributed by atoms with Crippen molar-refractivity contribution >= 4 is 0 Å². The number of morpholine rings is 1. The van der Waals surface area contributed by atoms with E-state index in [4.69, 9.17) is 14.2 Å². The largest absolute Gasteiger partial charge is 0.493 e. The molecule has 2 bridgehead atoms. The Morgan fingerprint density at radius 3 is 2.90 bits per heavy atom. The molecule has 1 N–H and O–H groups in total. The normalized spacial score (nSPS) is 24.9. The smallest absolute Gasteiger partial charge is 0.161 e. The Hall–Kier alpha value is -1.52. The van der Waals surface area contributed by atoms with E-state index < -0.39 is 0 Å². The van der Waals surface area contributed by atoms with Crippen LogP contribution in [0, 0.1) is 0 Å². The lowest BCUT2D eigenvalue weighted by molar-refractivity contribution is 0.0523. The minimum Gasteiger partial charge on any atom is -0.493 e. The van der Waals surface area contributed by atoms with Crippen LogP contribution in [0.2, 0.25) is 0 Å². The van der Waals surface area contributed by atoms with Crippen LogP contribution in [-0.2, 0) is 4.74 Å². The second-order valence-electron chi connectivity index (χ2n) is 5.29. The minimum atomic E-state index is 0.378. The number of ether oxygens (including phenoxy) is 3. The molecule has 0 aromatic heterocycles. The second kappa shape index (κ2) is 6.29. The van der Waals surface area contributed by atoms with Crippen LogP contribution >= 0.6 is 0 Å². The van der Waals surface area contributed by atoms with Gasteiger partial charge in [-0.15, -0.1) is 0 Å². The van der Waals surface area contributed by atoms with Gasteiger partial charge in [0.15, 0.2) is 11.5 Å². The fourth-order valence-corrected chi connectivity index (χ4v) is 2.83. The highest BCUT2D eigenvalue weighted by atomic mass is 16.5. The van der Waals surface area contributed by atoms with Crippen LogP contribution in [0.3, 0.4) is 0 Å². The summed E-state index contributed by atoms with van der Waals surface area (Å²) >= 11 is 0. The average Bonchev–Trinajstić information content (AvgIpc) is 2.47. The summed E-state index contributed by atoms with van der Waals surface area (Å²) in [6.45, 7) is 2.29. The van der Waals surface area contributed by atoms with Crippen molar-refractivity contribution in [2.75, 3.05) is 26.9 Å². The quantitative estimate of drug-likeness (QED) is 0.836. The first-order chi connectivity index (χ1) is 9.85. The highest BCUT2D eigenvalue weighted by molar-refractivity contribution is 5.39. The molecule has 0 spiro atoms. The van der Waals surface area contributed by atoms with Gasteiger partial charge in [-0.1, -0.05) is 23.8 Å². The van der Waals surface area contributed by atoms with E-state index in [1.165, 1.54) is 5.57 Å². The van der Waals surface area contributed by atoms with Crippen LogP contribution in [0.15, 0.2) is 35.9 Å². The average molecular weight is 275 g/mol. The van der Waals surface area contributed by atoms with Crippen molar-refractivity contribution in [3.05, 3.63) is 35.9 Å². The lowest BCUT2D eigenvalue weighted by Gasteiger charge is -2.35. The fourth-order valence-electron chi connectivity index (χ4n) is 2.83. The SMILES string of the molecule is COc1ccccc1OCCC1=CC2COCC(C1)N2. The Morgan fingerprint density at radius 2 is 2.10 bits per heavy atom. The molecule has 3 rings (SSSR count). The van der Waals surface area contributed by atoms with Gasteiger partial charge in [0.25, 0.3) is 0 Å². The summed E-state index contributed by atoms with van der Waals surface area (Å²) in [6.07, 6.45) is 4.32. The van der Waals surface area contributed by atoms with Gasteiger partial charge in [0.05, 0.1) is 26.9 Å². The Kier molecular flexibility index (Phi) is 4.23. The molecule has 2 atom stereocenters. The molecule has 1 fully saturated rings. The summed E-state index contributed by atoms with van der Waals surface area (Å²) in [7, 11) is 1.67.